The lowest BCUT2D eigenvalue weighted by molar-refractivity contribution is 0.307. The molecule has 3 aromatic carbocycles. The smallest absolute Gasteiger partial charge is 0.229 e. The molecular weight excluding hydrogens is 495 g/mol. The summed E-state index contributed by atoms with van der Waals surface area (Å²) in [6.07, 6.45) is 9.42. The Balaban J connectivity index is 1.08. The minimum absolute atomic E-state index is 0.275. The van der Waals surface area contributed by atoms with Crippen LogP contribution in [0.5, 0.6) is 0 Å². The zero-order valence-electron chi connectivity index (χ0n) is 20.9. The van der Waals surface area contributed by atoms with Crippen molar-refractivity contribution in [2.75, 3.05) is 23.7 Å². The first-order valence-electron chi connectivity index (χ1n) is 12.6. The van der Waals surface area contributed by atoms with Crippen LogP contribution in [0.15, 0.2) is 90.0 Å². The van der Waals surface area contributed by atoms with E-state index in [0.29, 0.717) is 17.8 Å². The number of anilines is 4. The predicted molar refractivity (Wildman–Crippen MR) is 153 cm³/mol. The van der Waals surface area contributed by atoms with Gasteiger partial charge in [-0.3, -0.25) is 0 Å². The second kappa shape index (κ2) is 12.6. The second-order valence-corrected chi connectivity index (χ2v) is 10.2. The van der Waals surface area contributed by atoms with Crippen LogP contribution in [0.25, 0.3) is 0 Å². The Kier molecular flexibility index (Phi) is 8.51. The van der Waals surface area contributed by atoms with Crippen LogP contribution < -0.4 is 16.0 Å². The predicted octanol–water partition coefficient (Wildman–Crippen LogP) is 6.35. The van der Waals surface area contributed by atoms with Crippen LogP contribution in [-0.4, -0.2) is 33.4 Å². The molecule has 0 spiro atoms. The molecule has 3 N–H and O–H groups in total. The van der Waals surface area contributed by atoms with Crippen molar-refractivity contribution >= 4 is 35.1 Å². The van der Waals surface area contributed by atoms with Gasteiger partial charge in [-0.1, -0.05) is 18.1 Å². The highest BCUT2D eigenvalue weighted by Gasteiger charge is 2.19. The van der Waals surface area contributed by atoms with Crippen molar-refractivity contribution in [1.82, 2.24) is 19.6 Å². The molecule has 0 unspecified atom stereocenters. The van der Waals surface area contributed by atoms with E-state index >= 15 is 0 Å². The Morgan fingerprint density at radius 1 is 0.947 bits per heavy atom. The molecule has 6 nitrogen and oxygen atoms in total. The van der Waals surface area contributed by atoms with Gasteiger partial charge in [0.05, 0.1) is 0 Å². The first-order valence-corrected chi connectivity index (χ1v) is 13.3. The summed E-state index contributed by atoms with van der Waals surface area (Å²) in [5.41, 5.74) is 3.82. The zero-order valence-corrected chi connectivity index (χ0v) is 21.7. The van der Waals surface area contributed by atoms with E-state index < -0.39 is 0 Å². The van der Waals surface area contributed by atoms with Gasteiger partial charge in [0.25, 0.3) is 0 Å². The number of terminal acetylenes is 1. The number of benzene rings is 3. The van der Waals surface area contributed by atoms with Crippen LogP contribution in [0.4, 0.5) is 27.5 Å². The van der Waals surface area contributed by atoms with Gasteiger partial charge in [0.15, 0.2) is 0 Å². The molecule has 4 aromatic rings. The summed E-state index contributed by atoms with van der Waals surface area (Å²) in [5, 5.41) is 10.1. The summed E-state index contributed by atoms with van der Waals surface area (Å²) in [5.74, 6) is 3.54. The molecule has 2 heterocycles. The maximum absolute atomic E-state index is 13.1. The summed E-state index contributed by atoms with van der Waals surface area (Å²) < 4.78 is 15.6. The summed E-state index contributed by atoms with van der Waals surface area (Å²) in [4.78, 5) is 10.00. The van der Waals surface area contributed by atoms with Gasteiger partial charge >= 0.3 is 0 Å². The van der Waals surface area contributed by atoms with Crippen molar-refractivity contribution in [2.24, 2.45) is 0 Å². The zero-order chi connectivity index (χ0) is 26.2. The number of halogens is 1. The standard InChI is InChI=1S/C30H29FN6S/c1-2-22-4-3-5-23(20-22)21-33-25-15-18-37(19-16-25)38-28-12-10-27(11-13-28)35-30-32-17-14-29(36-30)34-26-8-6-24(31)7-9-26/h1,3-14,17,20,25,33H,15-16,18-19,21H2,(H2,32,34,35,36). The van der Waals surface area contributed by atoms with Crippen molar-refractivity contribution in [3.63, 3.8) is 0 Å². The van der Waals surface area contributed by atoms with E-state index in [9.17, 15) is 4.39 Å². The van der Waals surface area contributed by atoms with Gasteiger partial charge in [0.1, 0.15) is 11.6 Å². The Labute approximate surface area is 227 Å². The molecule has 1 saturated heterocycles. The van der Waals surface area contributed by atoms with E-state index in [-0.39, 0.29) is 5.82 Å². The van der Waals surface area contributed by atoms with Gasteiger partial charge in [0, 0.05) is 53.7 Å². The van der Waals surface area contributed by atoms with Gasteiger partial charge in [-0.15, -0.1) is 6.42 Å². The van der Waals surface area contributed by atoms with E-state index in [1.807, 2.05) is 24.3 Å². The molecule has 1 aliphatic heterocycles. The Morgan fingerprint density at radius 2 is 1.68 bits per heavy atom. The molecule has 1 aromatic heterocycles. The number of hydrogen-bond acceptors (Lipinski definition) is 7. The van der Waals surface area contributed by atoms with Crippen LogP contribution in [0, 0.1) is 18.2 Å². The molecule has 0 saturated carbocycles. The van der Waals surface area contributed by atoms with Crippen LogP contribution in [0.3, 0.4) is 0 Å². The number of piperidine rings is 1. The quantitative estimate of drug-likeness (QED) is 0.174. The molecule has 38 heavy (non-hydrogen) atoms. The maximum atomic E-state index is 13.1. The lowest BCUT2D eigenvalue weighted by Crippen LogP contribution is -2.39. The van der Waals surface area contributed by atoms with Crippen molar-refractivity contribution in [3.8, 4) is 12.3 Å². The van der Waals surface area contributed by atoms with Gasteiger partial charge in [-0.25, -0.2) is 13.7 Å². The summed E-state index contributed by atoms with van der Waals surface area (Å²) in [6.45, 7) is 2.92. The number of nitrogens with one attached hydrogen (secondary N) is 3. The van der Waals surface area contributed by atoms with Crippen LogP contribution in [-0.2, 0) is 6.54 Å². The summed E-state index contributed by atoms with van der Waals surface area (Å²) >= 11 is 1.79. The highest BCUT2D eigenvalue weighted by Crippen LogP contribution is 2.28. The van der Waals surface area contributed by atoms with Gasteiger partial charge < -0.3 is 16.0 Å². The lowest BCUT2D eigenvalue weighted by Gasteiger charge is -2.31. The molecule has 192 valence electrons. The molecule has 0 atom stereocenters. The fourth-order valence-electron chi connectivity index (χ4n) is 4.23. The van der Waals surface area contributed by atoms with Crippen LogP contribution in [0.1, 0.15) is 24.0 Å². The van der Waals surface area contributed by atoms with Crippen molar-refractivity contribution in [2.45, 2.75) is 30.3 Å². The van der Waals surface area contributed by atoms with Crippen molar-refractivity contribution < 1.29 is 4.39 Å². The third-order valence-electron chi connectivity index (χ3n) is 6.26. The molecule has 1 fully saturated rings. The van der Waals surface area contributed by atoms with E-state index in [1.54, 1.807) is 36.3 Å². The Bertz CT molecular complexity index is 1380. The third kappa shape index (κ3) is 7.33. The van der Waals surface area contributed by atoms with Gasteiger partial charge in [-0.05, 0) is 97.1 Å². The van der Waals surface area contributed by atoms with Gasteiger partial charge in [-0.2, -0.15) is 4.98 Å². The fourth-order valence-corrected chi connectivity index (χ4v) is 5.18. The maximum Gasteiger partial charge on any atom is 0.229 e. The average molecular weight is 525 g/mol. The van der Waals surface area contributed by atoms with Crippen molar-refractivity contribution in [1.29, 1.82) is 0 Å². The van der Waals surface area contributed by atoms with E-state index in [1.165, 1.54) is 22.6 Å². The Morgan fingerprint density at radius 3 is 2.45 bits per heavy atom. The first-order chi connectivity index (χ1) is 18.6. The van der Waals surface area contributed by atoms with Gasteiger partial charge in [0.2, 0.25) is 5.95 Å². The normalized spacial score (nSPS) is 14.1. The SMILES string of the molecule is C#Cc1cccc(CNC2CCN(Sc3ccc(Nc4nccc(Nc5ccc(F)cc5)n4)cc3)CC2)c1. The number of nitrogens with zero attached hydrogens (tertiary/aromatic N) is 3. The lowest BCUT2D eigenvalue weighted by atomic mass is 10.1. The number of aromatic nitrogens is 2. The average Bonchev–Trinajstić information content (AvgIpc) is 2.95. The highest BCUT2D eigenvalue weighted by atomic mass is 32.2. The molecule has 5 rings (SSSR count). The van der Waals surface area contributed by atoms with E-state index in [4.69, 9.17) is 6.42 Å². The van der Waals surface area contributed by atoms with Crippen LogP contribution in [0.2, 0.25) is 0 Å². The first kappa shape index (κ1) is 25.7. The van der Waals surface area contributed by atoms with Crippen LogP contribution >= 0.6 is 11.9 Å². The molecule has 0 amide bonds. The summed E-state index contributed by atoms with van der Waals surface area (Å²) in [7, 11) is 0. The van der Waals surface area contributed by atoms with Crippen molar-refractivity contribution in [3.05, 3.63) is 102 Å². The molecule has 0 aliphatic carbocycles. The molecule has 0 bridgehead atoms. The molecular formula is C30H29FN6S. The monoisotopic (exact) mass is 524 g/mol. The summed E-state index contributed by atoms with van der Waals surface area (Å²) in [6, 6.07) is 24.9. The molecule has 1 aliphatic rings. The Hall–Kier alpha value is -3.90. The fraction of sp³-hybridized carbons (Fsp3) is 0.200. The number of rotatable bonds is 9. The van der Waals surface area contributed by atoms with E-state index in [2.05, 4.69) is 60.4 Å². The minimum Gasteiger partial charge on any atom is -0.340 e. The third-order valence-corrected chi connectivity index (χ3v) is 7.37. The molecule has 0 radical (unpaired) electrons. The molecule has 8 heteroatoms. The largest absolute Gasteiger partial charge is 0.340 e. The number of hydrogen-bond donors (Lipinski definition) is 3. The second-order valence-electron chi connectivity index (χ2n) is 9.07. The minimum atomic E-state index is -0.275. The highest BCUT2D eigenvalue weighted by molar-refractivity contribution is 7.97. The topological polar surface area (TPSA) is 65.1 Å². The van der Waals surface area contributed by atoms with E-state index in [0.717, 1.165) is 49.4 Å².